The molecule has 0 bridgehead atoms. The Labute approximate surface area is 135 Å². The molecule has 5 heteroatoms. The van der Waals surface area contributed by atoms with Gasteiger partial charge >= 0.3 is 5.97 Å². The van der Waals surface area contributed by atoms with Gasteiger partial charge in [-0.15, -0.1) is 23.5 Å². The van der Waals surface area contributed by atoms with Crippen molar-refractivity contribution in [3.8, 4) is 0 Å². The fourth-order valence-corrected chi connectivity index (χ4v) is 3.36. The lowest BCUT2D eigenvalue weighted by atomic mass is 10.2. The van der Waals surface area contributed by atoms with Crippen LogP contribution < -0.4 is 0 Å². The van der Waals surface area contributed by atoms with Crippen molar-refractivity contribution in [2.45, 2.75) is 15.5 Å². The molecule has 20 heavy (non-hydrogen) atoms. The van der Waals surface area contributed by atoms with E-state index >= 15 is 0 Å². The van der Waals surface area contributed by atoms with Crippen molar-refractivity contribution >= 4 is 45.4 Å². The number of hydrogen-bond acceptors (Lipinski definition) is 3. The third kappa shape index (κ3) is 4.04. The van der Waals surface area contributed by atoms with E-state index in [1.807, 2.05) is 6.07 Å². The first-order valence-corrected chi connectivity index (χ1v) is 8.89. The number of carboxylic acids is 1. The summed E-state index contributed by atoms with van der Waals surface area (Å²) in [7, 11) is 0. The Morgan fingerprint density at radius 1 is 1.15 bits per heavy atom. The summed E-state index contributed by atoms with van der Waals surface area (Å²) in [6.45, 7) is 0. The third-order valence-electron chi connectivity index (χ3n) is 2.73. The van der Waals surface area contributed by atoms with Crippen molar-refractivity contribution in [2.75, 3.05) is 6.26 Å². The number of carboxylic acid groups (broad SMARTS) is 1. The van der Waals surface area contributed by atoms with Gasteiger partial charge in [0, 0.05) is 20.0 Å². The molecular weight excluding hydrogens is 356 g/mol. The molecule has 0 aromatic heterocycles. The second-order valence-electron chi connectivity index (χ2n) is 4.08. The zero-order valence-electron chi connectivity index (χ0n) is 10.8. The Morgan fingerprint density at radius 2 is 1.80 bits per heavy atom. The van der Waals surface area contributed by atoms with E-state index in [2.05, 4.69) is 46.5 Å². The van der Waals surface area contributed by atoms with Crippen molar-refractivity contribution in [1.82, 2.24) is 0 Å². The average Bonchev–Trinajstić information content (AvgIpc) is 2.46. The van der Waals surface area contributed by atoms with Gasteiger partial charge in [-0.3, -0.25) is 0 Å². The van der Waals surface area contributed by atoms with E-state index in [-0.39, 0.29) is 0 Å². The van der Waals surface area contributed by atoms with Gasteiger partial charge in [0.15, 0.2) is 0 Å². The molecule has 2 aromatic rings. The average molecular weight is 369 g/mol. The number of carbonyl (C=O) groups is 1. The molecule has 0 saturated carbocycles. The Morgan fingerprint density at radius 3 is 2.40 bits per heavy atom. The van der Waals surface area contributed by atoms with Gasteiger partial charge in [0.2, 0.25) is 0 Å². The topological polar surface area (TPSA) is 37.3 Å². The van der Waals surface area contributed by atoms with Crippen molar-refractivity contribution in [1.29, 1.82) is 0 Å². The van der Waals surface area contributed by atoms with E-state index < -0.39 is 5.97 Å². The monoisotopic (exact) mass is 368 g/mol. The zero-order chi connectivity index (χ0) is 14.5. The van der Waals surface area contributed by atoms with E-state index in [1.54, 1.807) is 35.7 Å². The van der Waals surface area contributed by atoms with Crippen LogP contribution in [0, 0.1) is 0 Å². The van der Waals surface area contributed by atoms with Crippen LogP contribution in [0.1, 0.15) is 15.9 Å². The summed E-state index contributed by atoms with van der Waals surface area (Å²) in [6, 6.07) is 13.8. The Balaban J connectivity index is 2.06. The van der Waals surface area contributed by atoms with E-state index in [9.17, 15) is 4.79 Å². The standard InChI is InChI=1S/C15H13BrO2S2/c1-19-11-4-2-10(3-5-11)9-20-12-6-7-14(16)13(8-12)15(17)18/h2-8H,9H2,1H3,(H,17,18). The van der Waals surface area contributed by atoms with Crippen LogP contribution >= 0.6 is 39.5 Å². The summed E-state index contributed by atoms with van der Waals surface area (Å²) in [6.07, 6.45) is 2.05. The first kappa shape index (κ1) is 15.5. The molecule has 2 rings (SSSR count). The molecule has 104 valence electrons. The lowest BCUT2D eigenvalue weighted by Gasteiger charge is -2.05. The highest BCUT2D eigenvalue weighted by Gasteiger charge is 2.09. The summed E-state index contributed by atoms with van der Waals surface area (Å²) >= 11 is 6.61. The van der Waals surface area contributed by atoms with Crippen LogP contribution in [0.4, 0.5) is 0 Å². The summed E-state index contributed by atoms with van der Waals surface area (Å²) in [5.41, 5.74) is 1.53. The third-order valence-corrected chi connectivity index (χ3v) is 5.23. The first-order chi connectivity index (χ1) is 9.60. The molecule has 2 nitrogen and oxygen atoms in total. The van der Waals surface area contributed by atoms with E-state index in [4.69, 9.17) is 5.11 Å². The summed E-state index contributed by atoms with van der Waals surface area (Å²) in [5, 5.41) is 9.09. The van der Waals surface area contributed by atoms with Gasteiger partial charge in [-0.2, -0.15) is 0 Å². The molecule has 0 spiro atoms. The van der Waals surface area contributed by atoms with Gasteiger partial charge in [0.1, 0.15) is 0 Å². The normalized spacial score (nSPS) is 10.5. The number of rotatable bonds is 5. The van der Waals surface area contributed by atoms with Crippen LogP contribution in [0.25, 0.3) is 0 Å². The molecule has 2 aromatic carbocycles. The van der Waals surface area contributed by atoms with E-state index in [0.717, 1.165) is 10.6 Å². The number of hydrogen-bond donors (Lipinski definition) is 1. The highest BCUT2D eigenvalue weighted by Crippen LogP contribution is 2.28. The van der Waals surface area contributed by atoms with Crippen LogP contribution in [0.2, 0.25) is 0 Å². The number of aromatic carboxylic acids is 1. The molecule has 0 amide bonds. The molecular formula is C15H13BrO2S2. The fourth-order valence-electron chi connectivity index (χ4n) is 1.65. The molecule has 0 saturated heterocycles. The quantitative estimate of drug-likeness (QED) is 0.739. The first-order valence-electron chi connectivity index (χ1n) is 5.88. The SMILES string of the molecule is CSc1ccc(CSc2ccc(Br)c(C(=O)O)c2)cc1. The van der Waals surface area contributed by atoms with Crippen LogP contribution in [0.15, 0.2) is 56.7 Å². The van der Waals surface area contributed by atoms with Gasteiger partial charge in [-0.1, -0.05) is 12.1 Å². The van der Waals surface area contributed by atoms with Crippen LogP contribution in [0.3, 0.4) is 0 Å². The van der Waals surface area contributed by atoms with Crippen LogP contribution in [0.5, 0.6) is 0 Å². The predicted molar refractivity (Wildman–Crippen MR) is 88.9 cm³/mol. The number of halogens is 1. The van der Waals surface area contributed by atoms with Crippen LogP contribution in [-0.2, 0) is 5.75 Å². The Bertz CT molecular complexity index is 612. The molecule has 0 aliphatic heterocycles. The lowest BCUT2D eigenvalue weighted by Crippen LogP contribution is -1.97. The molecule has 0 heterocycles. The fraction of sp³-hybridized carbons (Fsp3) is 0.133. The highest BCUT2D eigenvalue weighted by atomic mass is 79.9. The van der Waals surface area contributed by atoms with Gasteiger partial charge in [-0.05, 0) is 58.1 Å². The molecule has 0 fully saturated rings. The minimum Gasteiger partial charge on any atom is -0.478 e. The molecule has 0 atom stereocenters. The molecule has 1 N–H and O–H groups in total. The number of thioether (sulfide) groups is 2. The summed E-state index contributed by atoms with van der Waals surface area (Å²) in [5.74, 6) is -0.0846. The van der Waals surface area contributed by atoms with Gasteiger partial charge < -0.3 is 5.11 Å². The second kappa shape index (κ2) is 7.20. The van der Waals surface area contributed by atoms with Gasteiger partial charge in [0.25, 0.3) is 0 Å². The summed E-state index contributed by atoms with van der Waals surface area (Å²) < 4.78 is 0.610. The predicted octanol–water partition coefficient (Wildman–Crippen LogP) is 5.16. The minimum atomic E-state index is -0.913. The smallest absolute Gasteiger partial charge is 0.336 e. The molecule has 0 aliphatic rings. The largest absolute Gasteiger partial charge is 0.478 e. The van der Waals surface area contributed by atoms with Crippen molar-refractivity contribution in [3.05, 3.63) is 58.1 Å². The highest BCUT2D eigenvalue weighted by molar-refractivity contribution is 9.10. The van der Waals surface area contributed by atoms with Crippen molar-refractivity contribution in [3.63, 3.8) is 0 Å². The Hall–Kier alpha value is -0.910. The van der Waals surface area contributed by atoms with Crippen LogP contribution in [-0.4, -0.2) is 17.3 Å². The maximum absolute atomic E-state index is 11.1. The van der Waals surface area contributed by atoms with Crippen molar-refractivity contribution in [2.24, 2.45) is 0 Å². The minimum absolute atomic E-state index is 0.299. The Kier molecular flexibility index (Phi) is 5.57. The zero-order valence-corrected chi connectivity index (χ0v) is 14.0. The van der Waals surface area contributed by atoms with Gasteiger partial charge in [0.05, 0.1) is 5.56 Å². The molecule has 0 radical (unpaired) electrons. The maximum atomic E-state index is 11.1. The molecule has 0 aliphatic carbocycles. The van der Waals surface area contributed by atoms with E-state index in [0.29, 0.717) is 10.0 Å². The maximum Gasteiger partial charge on any atom is 0.336 e. The number of benzene rings is 2. The summed E-state index contributed by atoms with van der Waals surface area (Å²) in [4.78, 5) is 13.3. The van der Waals surface area contributed by atoms with Gasteiger partial charge in [-0.25, -0.2) is 4.79 Å². The lowest BCUT2D eigenvalue weighted by molar-refractivity contribution is 0.0695. The molecule has 0 unspecified atom stereocenters. The van der Waals surface area contributed by atoms with E-state index in [1.165, 1.54) is 10.5 Å². The second-order valence-corrected chi connectivity index (χ2v) is 6.87. The van der Waals surface area contributed by atoms with Crippen molar-refractivity contribution < 1.29 is 9.90 Å².